The number of nitrogens with zero attached hydrogens (tertiary/aromatic N) is 6. The molecule has 0 fully saturated rings. The highest BCUT2D eigenvalue weighted by molar-refractivity contribution is 6.00. The Morgan fingerprint density at radius 2 is 2.00 bits per heavy atom. The Balaban J connectivity index is 1.70. The quantitative estimate of drug-likeness (QED) is 0.739. The highest BCUT2D eigenvalue weighted by atomic mass is 19.4. The first-order valence-corrected chi connectivity index (χ1v) is 9.51. The summed E-state index contributed by atoms with van der Waals surface area (Å²) >= 11 is 0. The van der Waals surface area contributed by atoms with Crippen molar-refractivity contribution in [2.24, 2.45) is 0 Å². The van der Waals surface area contributed by atoms with Gasteiger partial charge in [0, 0.05) is 24.7 Å². The number of halogens is 3. The first kappa shape index (κ1) is 21.5. The predicted octanol–water partition coefficient (Wildman–Crippen LogP) is 3.00. The van der Waals surface area contributed by atoms with Crippen molar-refractivity contribution in [1.29, 1.82) is 0 Å². The molecule has 2 heterocycles. The second kappa shape index (κ2) is 9.06. The lowest BCUT2D eigenvalue weighted by molar-refractivity contribution is -0.141. The second-order valence-corrected chi connectivity index (χ2v) is 6.73. The fourth-order valence-electron chi connectivity index (χ4n) is 3.15. The molecule has 11 heteroatoms. The van der Waals surface area contributed by atoms with Gasteiger partial charge in [-0.1, -0.05) is 6.08 Å². The van der Waals surface area contributed by atoms with Crippen molar-refractivity contribution in [3.05, 3.63) is 48.2 Å². The summed E-state index contributed by atoms with van der Waals surface area (Å²) in [5, 5.41) is 11.2. The molecular formula is C19H22F3N7O. The lowest BCUT2D eigenvalue weighted by Gasteiger charge is -2.30. The molecule has 0 unspecified atom stereocenters. The number of hydrogen-bond donors (Lipinski definition) is 1. The van der Waals surface area contributed by atoms with E-state index in [-0.39, 0.29) is 17.8 Å². The first-order valence-electron chi connectivity index (χ1n) is 9.51. The highest BCUT2D eigenvalue weighted by Crippen LogP contribution is 2.27. The molecule has 30 heavy (non-hydrogen) atoms. The number of aromatic nitrogens is 5. The van der Waals surface area contributed by atoms with Crippen LogP contribution in [0.5, 0.6) is 0 Å². The summed E-state index contributed by atoms with van der Waals surface area (Å²) in [6.07, 6.45) is 5.41. The molecule has 1 aliphatic rings. The number of carbonyl (C=O) groups excluding carboxylic acids is 1. The number of allylic oxidation sites excluding steroid dienone is 3. The normalized spacial score (nSPS) is 15.2. The van der Waals surface area contributed by atoms with Crippen LogP contribution in [0.3, 0.4) is 0 Å². The third-order valence-corrected chi connectivity index (χ3v) is 4.69. The Kier molecular flexibility index (Phi) is 6.48. The number of likely N-dealkylation sites (N-methyl/N-ethyl adjacent to an activating group) is 1. The van der Waals surface area contributed by atoms with Gasteiger partial charge in [-0.15, -0.1) is 0 Å². The van der Waals surface area contributed by atoms with E-state index in [4.69, 9.17) is 0 Å². The van der Waals surface area contributed by atoms with Gasteiger partial charge in [0.15, 0.2) is 5.69 Å². The summed E-state index contributed by atoms with van der Waals surface area (Å²) in [6.45, 7) is 4.50. The van der Waals surface area contributed by atoms with Crippen molar-refractivity contribution < 1.29 is 18.0 Å². The molecule has 1 amide bonds. The number of amides is 1. The third-order valence-electron chi connectivity index (χ3n) is 4.69. The minimum atomic E-state index is -4.53. The van der Waals surface area contributed by atoms with Crippen molar-refractivity contribution >= 4 is 17.4 Å². The van der Waals surface area contributed by atoms with Crippen LogP contribution < -0.4 is 5.32 Å². The van der Waals surface area contributed by atoms with Crippen LogP contribution in [0.1, 0.15) is 32.4 Å². The van der Waals surface area contributed by atoms with E-state index in [2.05, 4.69) is 25.5 Å². The van der Waals surface area contributed by atoms with Crippen LogP contribution in [-0.2, 0) is 11.0 Å². The average Bonchev–Trinajstić information content (AvgIpc) is 3.27. The van der Waals surface area contributed by atoms with Crippen LogP contribution >= 0.6 is 0 Å². The second-order valence-electron chi connectivity index (χ2n) is 6.73. The highest BCUT2D eigenvalue weighted by Gasteiger charge is 2.32. The van der Waals surface area contributed by atoms with E-state index >= 15 is 0 Å². The van der Waals surface area contributed by atoms with Gasteiger partial charge in [0.2, 0.25) is 0 Å². The summed E-state index contributed by atoms with van der Waals surface area (Å²) in [6, 6.07) is -0.239. The van der Waals surface area contributed by atoms with E-state index in [1.54, 1.807) is 17.3 Å². The van der Waals surface area contributed by atoms with Crippen LogP contribution in [0.4, 0.5) is 19.0 Å². The van der Waals surface area contributed by atoms with Crippen molar-refractivity contribution in [1.82, 2.24) is 29.9 Å². The number of rotatable bonds is 7. The minimum absolute atomic E-state index is 0.123. The number of nitrogens with one attached hydrogen (secondary N) is 1. The summed E-state index contributed by atoms with van der Waals surface area (Å²) in [5.74, 6) is 0.0848. The van der Waals surface area contributed by atoms with Crippen molar-refractivity contribution in [2.75, 3.05) is 18.4 Å². The molecule has 0 saturated carbocycles. The van der Waals surface area contributed by atoms with Gasteiger partial charge in [0.1, 0.15) is 5.82 Å². The third kappa shape index (κ3) is 4.84. The van der Waals surface area contributed by atoms with E-state index in [1.165, 1.54) is 4.80 Å². The lowest BCUT2D eigenvalue weighted by Crippen LogP contribution is -2.43. The van der Waals surface area contributed by atoms with Crippen LogP contribution in [0.15, 0.2) is 42.5 Å². The molecule has 0 bridgehead atoms. The van der Waals surface area contributed by atoms with Gasteiger partial charge in [0.05, 0.1) is 30.5 Å². The minimum Gasteiger partial charge on any atom is -0.367 e. The van der Waals surface area contributed by atoms with Gasteiger partial charge in [-0.05, 0) is 32.8 Å². The summed E-state index contributed by atoms with van der Waals surface area (Å²) < 4.78 is 37.8. The Labute approximate surface area is 171 Å². The Hall–Kier alpha value is -3.24. The summed E-state index contributed by atoms with van der Waals surface area (Å²) in [7, 11) is 0. The van der Waals surface area contributed by atoms with Crippen LogP contribution in [0.2, 0.25) is 0 Å². The number of hydrogen-bond acceptors (Lipinski definition) is 6. The standard InChI is InChI=1S/C19H22F3N7O/c1-3-28(13(2)10-24-17-12-23-16(11-25-17)19(20,21)22)18(30)14-6-4-5-7-15(14)29-26-8-9-27-29/h5,7-9,11-13H,3-4,6,10H2,1-2H3,(H,24,25)/t13-/m0/s1. The molecule has 3 rings (SSSR count). The molecule has 0 aromatic carbocycles. The van der Waals surface area contributed by atoms with E-state index < -0.39 is 11.9 Å². The molecule has 2 aromatic heterocycles. The Morgan fingerprint density at radius 3 is 2.60 bits per heavy atom. The predicted molar refractivity (Wildman–Crippen MR) is 104 cm³/mol. The van der Waals surface area contributed by atoms with Crippen molar-refractivity contribution in [3.63, 3.8) is 0 Å². The van der Waals surface area contributed by atoms with Gasteiger partial charge in [-0.2, -0.15) is 28.2 Å². The topological polar surface area (TPSA) is 88.8 Å². The lowest BCUT2D eigenvalue weighted by atomic mass is 10.0. The van der Waals surface area contributed by atoms with Gasteiger partial charge < -0.3 is 10.2 Å². The largest absolute Gasteiger partial charge is 0.434 e. The van der Waals surface area contributed by atoms with Crippen LogP contribution in [-0.4, -0.2) is 54.9 Å². The van der Waals surface area contributed by atoms with Gasteiger partial charge in [0.25, 0.3) is 5.91 Å². The van der Waals surface area contributed by atoms with Gasteiger partial charge in [-0.3, -0.25) is 4.79 Å². The van der Waals surface area contributed by atoms with E-state index in [1.807, 2.05) is 26.0 Å². The molecule has 0 saturated heterocycles. The van der Waals surface area contributed by atoms with E-state index in [9.17, 15) is 18.0 Å². The van der Waals surface area contributed by atoms with E-state index in [0.717, 1.165) is 12.6 Å². The Bertz CT molecular complexity index is 921. The average molecular weight is 421 g/mol. The molecule has 160 valence electrons. The molecular weight excluding hydrogens is 399 g/mol. The molecule has 0 aliphatic heterocycles. The van der Waals surface area contributed by atoms with Gasteiger partial charge >= 0.3 is 6.18 Å². The van der Waals surface area contributed by atoms with Crippen molar-refractivity contribution in [2.45, 2.75) is 38.9 Å². The number of anilines is 1. The van der Waals surface area contributed by atoms with Crippen LogP contribution in [0, 0.1) is 0 Å². The fourth-order valence-corrected chi connectivity index (χ4v) is 3.15. The Morgan fingerprint density at radius 1 is 1.27 bits per heavy atom. The molecule has 1 aliphatic carbocycles. The van der Waals surface area contributed by atoms with Crippen LogP contribution in [0.25, 0.3) is 5.70 Å². The van der Waals surface area contributed by atoms with Gasteiger partial charge in [-0.25, -0.2) is 9.97 Å². The summed E-state index contributed by atoms with van der Waals surface area (Å²) in [4.78, 5) is 23.5. The molecule has 0 radical (unpaired) electrons. The number of carbonyl (C=O) groups is 1. The molecule has 0 spiro atoms. The first-order chi connectivity index (χ1) is 14.3. The fraction of sp³-hybridized carbons (Fsp3) is 0.421. The van der Waals surface area contributed by atoms with E-state index in [0.29, 0.717) is 37.0 Å². The zero-order valence-electron chi connectivity index (χ0n) is 16.6. The summed E-state index contributed by atoms with van der Waals surface area (Å²) in [5.41, 5.74) is 0.212. The molecule has 2 aromatic rings. The SMILES string of the molecule is CCN(C(=O)C1=C(n2nccn2)C=CCC1)[C@@H](C)CNc1cnc(C(F)(F)F)cn1. The molecule has 1 N–H and O–H groups in total. The zero-order valence-corrected chi connectivity index (χ0v) is 16.6. The smallest absolute Gasteiger partial charge is 0.367 e. The zero-order chi connectivity index (χ0) is 21.7. The monoisotopic (exact) mass is 421 g/mol. The number of alkyl halides is 3. The maximum atomic E-state index is 13.2. The maximum Gasteiger partial charge on any atom is 0.434 e. The maximum absolute atomic E-state index is 13.2. The molecule has 1 atom stereocenters. The van der Waals surface area contributed by atoms with Crippen molar-refractivity contribution in [3.8, 4) is 0 Å². The molecule has 8 nitrogen and oxygen atoms in total.